The summed E-state index contributed by atoms with van der Waals surface area (Å²) in [6.07, 6.45) is 1.87. The van der Waals surface area contributed by atoms with Crippen LogP contribution in [-0.4, -0.2) is 34.4 Å². The number of esters is 1. The molecule has 0 amide bonds. The second-order valence-corrected chi connectivity index (χ2v) is 3.27. The largest absolute Gasteiger partial charge is 0.460 e. The van der Waals surface area contributed by atoms with Crippen LogP contribution in [0.3, 0.4) is 0 Å². The Labute approximate surface area is 87.0 Å². The summed E-state index contributed by atoms with van der Waals surface area (Å²) >= 11 is 0. The predicted octanol–water partition coefficient (Wildman–Crippen LogP) is 0.833. The summed E-state index contributed by atoms with van der Waals surface area (Å²) in [6, 6.07) is 0. The minimum atomic E-state index is -0.502. The van der Waals surface area contributed by atoms with Gasteiger partial charge in [-0.25, -0.2) is 9.78 Å². The standard InChI is InChI=1S/C9H13N3O3/c1-2-14-9(13)8-10-7(11-12-8)6-4-3-5-15-6/h6H,2-5H2,1H3,(H,10,11,12)/t6-/m1/s1. The zero-order valence-corrected chi connectivity index (χ0v) is 8.52. The topological polar surface area (TPSA) is 77.1 Å². The van der Waals surface area contributed by atoms with Gasteiger partial charge in [0.25, 0.3) is 5.82 Å². The van der Waals surface area contributed by atoms with E-state index in [1.165, 1.54) is 0 Å². The highest BCUT2D eigenvalue weighted by Crippen LogP contribution is 2.25. The van der Waals surface area contributed by atoms with E-state index >= 15 is 0 Å². The molecule has 2 rings (SSSR count). The second-order valence-electron chi connectivity index (χ2n) is 3.27. The Morgan fingerprint density at radius 1 is 1.73 bits per heavy atom. The molecule has 0 aliphatic carbocycles. The molecule has 15 heavy (non-hydrogen) atoms. The Hall–Kier alpha value is -1.43. The van der Waals surface area contributed by atoms with Crippen molar-refractivity contribution < 1.29 is 14.3 Å². The number of nitrogens with one attached hydrogen (secondary N) is 1. The maximum absolute atomic E-state index is 11.3. The molecule has 1 atom stereocenters. The molecule has 1 aliphatic rings. The van der Waals surface area contributed by atoms with Crippen LogP contribution < -0.4 is 0 Å². The minimum absolute atomic E-state index is 0.0549. The number of hydrogen-bond donors (Lipinski definition) is 1. The fraction of sp³-hybridized carbons (Fsp3) is 0.667. The molecule has 1 saturated heterocycles. The maximum atomic E-state index is 11.3. The lowest BCUT2D eigenvalue weighted by Gasteiger charge is -2.02. The molecule has 0 unspecified atom stereocenters. The van der Waals surface area contributed by atoms with Crippen LogP contribution in [0.5, 0.6) is 0 Å². The van der Waals surface area contributed by atoms with Crippen molar-refractivity contribution in [3.63, 3.8) is 0 Å². The van der Waals surface area contributed by atoms with E-state index in [2.05, 4.69) is 15.2 Å². The van der Waals surface area contributed by atoms with Crippen molar-refractivity contribution in [2.75, 3.05) is 13.2 Å². The monoisotopic (exact) mass is 211 g/mol. The van der Waals surface area contributed by atoms with Crippen LogP contribution >= 0.6 is 0 Å². The quantitative estimate of drug-likeness (QED) is 0.749. The fourth-order valence-corrected chi connectivity index (χ4v) is 1.50. The van der Waals surface area contributed by atoms with Gasteiger partial charge >= 0.3 is 5.97 Å². The SMILES string of the molecule is CCOC(=O)c1n[nH]c([C@H]2CCCO2)n1. The summed E-state index contributed by atoms with van der Waals surface area (Å²) in [5.41, 5.74) is 0. The van der Waals surface area contributed by atoms with Gasteiger partial charge in [-0.1, -0.05) is 0 Å². The summed E-state index contributed by atoms with van der Waals surface area (Å²) in [5.74, 6) is 0.177. The van der Waals surface area contributed by atoms with Gasteiger partial charge in [0.1, 0.15) is 6.10 Å². The Morgan fingerprint density at radius 2 is 2.60 bits per heavy atom. The first kappa shape index (κ1) is 10.1. The third kappa shape index (κ3) is 2.15. The Bertz CT molecular complexity index is 344. The summed E-state index contributed by atoms with van der Waals surface area (Å²) in [5, 5.41) is 6.49. The molecule has 1 aromatic heterocycles. The normalized spacial score (nSPS) is 20.5. The summed E-state index contributed by atoms with van der Waals surface area (Å²) in [7, 11) is 0. The van der Waals surface area contributed by atoms with Gasteiger partial charge in [0, 0.05) is 6.61 Å². The van der Waals surface area contributed by atoms with E-state index in [1.807, 2.05) is 0 Å². The first-order chi connectivity index (χ1) is 7.31. The molecule has 6 heteroatoms. The smallest absolute Gasteiger partial charge is 0.378 e. The molecule has 0 saturated carbocycles. The van der Waals surface area contributed by atoms with Crippen molar-refractivity contribution in [3.05, 3.63) is 11.6 Å². The van der Waals surface area contributed by atoms with Gasteiger partial charge in [0.15, 0.2) is 5.82 Å². The van der Waals surface area contributed by atoms with Gasteiger partial charge in [0.05, 0.1) is 6.61 Å². The van der Waals surface area contributed by atoms with E-state index in [0.29, 0.717) is 12.4 Å². The lowest BCUT2D eigenvalue weighted by atomic mass is 10.2. The van der Waals surface area contributed by atoms with E-state index in [-0.39, 0.29) is 11.9 Å². The van der Waals surface area contributed by atoms with Gasteiger partial charge in [-0.3, -0.25) is 5.10 Å². The predicted molar refractivity (Wildman–Crippen MR) is 50.3 cm³/mol. The molecule has 0 spiro atoms. The molecule has 6 nitrogen and oxygen atoms in total. The number of carbonyl (C=O) groups is 1. The lowest BCUT2D eigenvalue weighted by molar-refractivity contribution is 0.0512. The third-order valence-corrected chi connectivity index (χ3v) is 2.20. The Balaban J connectivity index is 2.06. The summed E-state index contributed by atoms with van der Waals surface area (Å²) < 4.78 is 10.2. The summed E-state index contributed by atoms with van der Waals surface area (Å²) in [6.45, 7) is 2.80. The number of carbonyl (C=O) groups excluding carboxylic acids is 1. The molecule has 1 N–H and O–H groups in total. The van der Waals surface area contributed by atoms with Crippen LogP contribution in [-0.2, 0) is 9.47 Å². The molecule has 82 valence electrons. The van der Waals surface area contributed by atoms with Gasteiger partial charge in [-0.2, -0.15) is 0 Å². The number of ether oxygens (including phenoxy) is 2. The first-order valence-corrected chi connectivity index (χ1v) is 5.02. The van der Waals surface area contributed by atoms with Gasteiger partial charge in [-0.05, 0) is 19.8 Å². The number of nitrogens with zero attached hydrogens (tertiary/aromatic N) is 2. The number of H-pyrrole nitrogens is 1. The molecule has 0 radical (unpaired) electrons. The molecule has 0 aromatic carbocycles. The van der Waals surface area contributed by atoms with E-state index < -0.39 is 5.97 Å². The van der Waals surface area contributed by atoms with Crippen molar-refractivity contribution in [2.24, 2.45) is 0 Å². The third-order valence-electron chi connectivity index (χ3n) is 2.20. The zero-order chi connectivity index (χ0) is 10.7. The van der Waals surface area contributed by atoms with E-state index in [4.69, 9.17) is 9.47 Å². The fourth-order valence-electron chi connectivity index (χ4n) is 1.50. The molecular weight excluding hydrogens is 198 g/mol. The van der Waals surface area contributed by atoms with E-state index in [1.54, 1.807) is 6.92 Å². The maximum Gasteiger partial charge on any atom is 0.378 e. The number of aromatic amines is 1. The molecular formula is C9H13N3O3. The van der Waals surface area contributed by atoms with Crippen LogP contribution in [0, 0.1) is 0 Å². The molecule has 0 bridgehead atoms. The van der Waals surface area contributed by atoms with Gasteiger partial charge in [0.2, 0.25) is 0 Å². The molecule has 2 heterocycles. The highest BCUT2D eigenvalue weighted by molar-refractivity contribution is 5.84. The van der Waals surface area contributed by atoms with Crippen LogP contribution in [0.15, 0.2) is 0 Å². The average molecular weight is 211 g/mol. The van der Waals surface area contributed by atoms with Crippen molar-refractivity contribution >= 4 is 5.97 Å². The Kier molecular flexibility index (Phi) is 2.96. The van der Waals surface area contributed by atoms with Gasteiger partial charge < -0.3 is 9.47 Å². The van der Waals surface area contributed by atoms with Crippen LogP contribution in [0.25, 0.3) is 0 Å². The van der Waals surface area contributed by atoms with Crippen molar-refractivity contribution in [1.29, 1.82) is 0 Å². The Morgan fingerprint density at radius 3 is 3.27 bits per heavy atom. The van der Waals surface area contributed by atoms with E-state index in [9.17, 15) is 4.79 Å². The van der Waals surface area contributed by atoms with Crippen LogP contribution in [0.2, 0.25) is 0 Å². The second kappa shape index (κ2) is 4.39. The van der Waals surface area contributed by atoms with Gasteiger partial charge in [-0.15, -0.1) is 5.10 Å². The van der Waals surface area contributed by atoms with Crippen LogP contribution in [0.1, 0.15) is 42.3 Å². The van der Waals surface area contributed by atoms with E-state index in [0.717, 1.165) is 19.4 Å². The van der Waals surface area contributed by atoms with Crippen molar-refractivity contribution in [3.8, 4) is 0 Å². The minimum Gasteiger partial charge on any atom is -0.460 e. The van der Waals surface area contributed by atoms with Crippen molar-refractivity contribution in [2.45, 2.75) is 25.9 Å². The van der Waals surface area contributed by atoms with Crippen LogP contribution in [0.4, 0.5) is 0 Å². The lowest BCUT2D eigenvalue weighted by Crippen LogP contribution is -2.07. The van der Waals surface area contributed by atoms with Crippen molar-refractivity contribution in [1.82, 2.24) is 15.2 Å². The average Bonchev–Trinajstić information content (AvgIpc) is 2.89. The molecule has 1 fully saturated rings. The zero-order valence-electron chi connectivity index (χ0n) is 8.52. The number of aromatic nitrogens is 3. The highest BCUT2D eigenvalue weighted by Gasteiger charge is 2.23. The first-order valence-electron chi connectivity index (χ1n) is 5.02. The molecule has 1 aromatic rings. The number of hydrogen-bond acceptors (Lipinski definition) is 5. The highest BCUT2D eigenvalue weighted by atomic mass is 16.5. The molecule has 1 aliphatic heterocycles. The number of rotatable bonds is 3. The summed E-state index contributed by atoms with van der Waals surface area (Å²) in [4.78, 5) is 15.3.